The van der Waals surface area contributed by atoms with Crippen LogP contribution in [0.2, 0.25) is 0 Å². The fraction of sp³-hybridized carbons (Fsp3) is 0.400. The largest absolute Gasteiger partial charge is 0.388 e. The van der Waals surface area contributed by atoms with Gasteiger partial charge in [-0.15, -0.1) is 0 Å². The number of aliphatic hydroxyl groups is 1. The topological polar surface area (TPSA) is 94.1 Å². The van der Waals surface area contributed by atoms with Crippen molar-refractivity contribution in [3.8, 4) is 0 Å². The van der Waals surface area contributed by atoms with Crippen LogP contribution in [0.5, 0.6) is 0 Å². The lowest BCUT2D eigenvalue weighted by molar-refractivity contribution is -0.350. The minimum Gasteiger partial charge on any atom is -0.388 e. The fourth-order valence-corrected chi connectivity index (χ4v) is 6.55. The van der Waals surface area contributed by atoms with E-state index in [0.29, 0.717) is 19.8 Å². The lowest BCUT2D eigenvalue weighted by Gasteiger charge is -2.47. The molecule has 9 nitrogen and oxygen atoms in total. The molecular weight excluding hydrogens is 624 g/mol. The van der Waals surface area contributed by atoms with Gasteiger partial charge in [0.25, 0.3) is 0 Å². The van der Waals surface area contributed by atoms with Gasteiger partial charge in [0.2, 0.25) is 0 Å². The van der Waals surface area contributed by atoms with Crippen LogP contribution in [0.3, 0.4) is 0 Å². The van der Waals surface area contributed by atoms with Crippen LogP contribution < -0.4 is 0 Å². The Morgan fingerprint density at radius 2 is 0.959 bits per heavy atom. The van der Waals surface area contributed by atoms with Gasteiger partial charge in [-0.25, -0.2) is 0 Å². The summed E-state index contributed by atoms with van der Waals surface area (Å²) in [4.78, 5) is 0. The van der Waals surface area contributed by atoms with Gasteiger partial charge in [-0.2, -0.15) is 0 Å². The third kappa shape index (κ3) is 8.46. The van der Waals surface area contributed by atoms with Crippen molar-refractivity contribution in [3.63, 3.8) is 0 Å². The van der Waals surface area contributed by atoms with Crippen LogP contribution in [-0.2, 0) is 64.3 Å². The highest BCUT2D eigenvalue weighted by atomic mass is 16.8. The van der Waals surface area contributed by atoms with Crippen molar-refractivity contribution in [1.29, 1.82) is 0 Å². The second-order valence-electron chi connectivity index (χ2n) is 12.7. The Morgan fingerprint density at radius 1 is 0.531 bits per heavy atom. The summed E-state index contributed by atoms with van der Waals surface area (Å²) in [7, 11) is 0. The maximum absolute atomic E-state index is 11.4. The zero-order valence-electron chi connectivity index (χ0n) is 27.6. The predicted molar refractivity (Wildman–Crippen MR) is 180 cm³/mol. The maximum Gasteiger partial charge on any atom is 0.187 e. The molecule has 3 saturated heterocycles. The molecule has 0 spiro atoms. The molecule has 9 heteroatoms. The molecule has 4 aromatic carbocycles. The van der Waals surface area contributed by atoms with E-state index in [9.17, 15) is 5.11 Å². The standard InChI is InChI=1S/C40H44O9/c1-27-33(41)35(42-22-28-14-6-2-7-15-28)37(44-24-30-18-10-4-11-19-30)40(47-27)49-34-32-26-46-39(48-32)38(45-25-31-20-12-5-13-21-31)36(34)43-23-29-16-8-3-9-17-29/h2-21,27,32-41H,22-26H2,1H3/t27-,32-,33-,34-,35+,36+,37-,38-,39-,40-/m1/s1. The van der Waals surface area contributed by atoms with Crippen molar-refractivity contribution in [3.05, 3.63) is 144 Å². The number of hydrogen-bond donors (Lipinski definition) is 1. The van der Waals surface area contributed by atoms with Crippen LogP contribution in [-0.4, -0.2) is 73.1 Å². The van der Waals surface area contributed by atoms with E-state index in [2.05, 4.69) is 0 Å². The summed E-state index contributed by atoms with van der Waals surface area (Å²) in [5.74, 6) is 0. The van der Waals surface area contributed by atoms with E-state index in [4.69, 9.17) is 37.9 Å². The predicted octanol–water partition coefficient (Wildman–Crippen LogP) is 5.57. The van der Waals surface area contributed by atoms with E-state index in [1.807, 2.05) is 128 Å². The Bertz CT molecular complexity index is 1540. The summed E-state index contributed by atoms with van der Waals surface area (Å²) in [6.45, 7) is 3.37. The van der Waals surface area contributed by atoms with Gasteiger partial charge in [0.15, 0.2) is 12.6 Å². The quantitative estimate of drug-likeness (QED) is 0.185. The van der Waals surface area contributed by atoms with E-state index in [1.165, 1.54) is 0 Å². The van der Waals surface area contributed by atoms with Gasteiger partial charge in [-0.1, -0.05) is 121 Å². The molecular formula is C40H44O9. The molecule has 3 aliphatic rings. The Labute approximate surface area is 287 Å². The molecule has 4 aromatic rings. The van der Waals surface area contributed by atoms with Gasteiger partial charge in [0.1, 0.15) is 42.7 Å². The van der Waals surface area contributed by atoms with Crippen LogP contribution in [0.25, 0.3) is 0 Å². The number of rotatable bonds is 14. The average Bonchev–Trinajstić information content (AvgIpc) is 3.59. The first-order valence-corrected chi connectivity index (χ1v) is 17.0. The van der Waals surface area contributed by atoms with Gasteiger partial charge in [0, 0.05) is 0 Å². The van der Waals surface area contributed by atoms with Crippen LogP contribution in [0, 0.1) is 0 Å². The second-order valence-corrected chi connectivity index (χ2v) is 12.7. The summed E-state index contributed by atoms with van der Waals surface area (Å²) in [5.41, 5.74) is 4.00. The number of aliphatic hydroxyl groups excluding tert-OH is 1. The minimum absolute atomic E-state index is 0.271. The first-order valence-electron chi connectivity index (χ1n) is 17.0. The van der Waals surface area contributed by atoms with Crippen molar-refractivity contribution in [1.82, 2.24) is 0 Å². The molecule has 49 heavy (non-hydrogen) atoms. The van der Waals surface area contributed by atoms with E-state index >= 15 is 0 Å². The molecule has 0 saturated carbocycles. The molecule has 7 rings (SSSR count). The zero-order valence-corrected chi connectivity index (χ0v) is 27.6. The molecule has 3 aliphatic heterocycles. The fourth-order valence-electron chi connectivity index (χ4n) is 6.55. The molecule has 3 heterocycles. The monoisotopic (exact) mass is 668 g/mol. The van der Waals surface area contributed by atoms with Crippen molar-refractivity contribution in [2.45, 2.75) is 94.8 Å². The third-order valence-electron chi connectivity index (χ3n) is 9.21. The Morgan fingerprint density at radius 3 is 1.45 bits per heavy atom. The minimum atomic E-state index is -0.960. The van der Waals surface area contributed by atoms with Crippen molar-refractivity contribution in [2.75, 3.05) is 6.61 Å². The third-order valence-corrected chi connectivity index (χ3v) is 9.21. The highest BCUT2D eigenvalue weighted by Gasteiger charge is 2.56. The number of hydrogen-bond acceptors (Lipinski definition) is 9. The number of ether oxygens (including phenoxy) is 8. The van der Waals surface area contributed by atoms with Gasteiger partial charge in [-0.3, -0.25) is 0 Å². The molecule has 0 aliphatic carbocycles. The molecule has 0 unspecified atom stereocenters. The molecule has 258 valence electrons. The molecule has 3 fully saturated rings. The van der Waals surface area contributed by atoms with Crippen molar-refractivity contribution < 1.29 is 43.0 Å². The average molecular weight is 669 g/mol. The van der Waals surface area contributed by atoms with Crippen LogP contribution in [0.1, 0.15) is 29.2 Å². The number of fused-ring (bicyclic) bond motifs is 2. The normalized spacial score (nSPS) is 31.1. The molecule has 0 radical (unpaired) electrons. The van der Waals surface area contributed by atoms with Gasteiger partial charge in [-0.05, 0) is 29.2 Å². The lowest BCUT2D eigenvalue weighted by Crippen LogP contribution is -2.63. The maximum atomic E-state index is 11.4. The van der Waals surface area contributed by atoms with E-state index < -0.39 is 61.4 Å². The molecule has 0 aromatic heterocycles. The highest BCUT2D eigenvalue weighted by Crippen LogP contribution is 2.38. The van der Waals surface area contributed by atoms with Gasteiger partial charge >= 0.3 is 0 Å². The van der Waals surface area contributed by atoms with E-state index in [1.54, 1.807) is 0 Å². The molecule has 2 bridgehead atoms. The van der Waals surface area contributed by atoms with Gasteiger partial charge in [0.05, 0.1) is 39.1 Å². The van der Waals surface area contributed by atoms with Crippen LogP contribution in [0.4, 0.5) is 0 Å². The Balaban J connectivity index is 1.16. The van der Waals surface area contributed by atoms with E-state index in [0.717, 1.165) is 22.3 Å². The summed E-state index contributed by atoms with van der Waals surface area (Å²) >= 11 is 0. The molecule has 10 atom stereocenters. The van der Waals surface area contributed by atoms with Crippen molar-refractivity contribution >= 4 is 0 Å². The first-order chi connectivity index (χ1) is 24.1. The van der Waals surface area contributed by atoms with Crippen molar-refractivity contribution in [2.24, 2.45) is 0 Å². The molecule has 0 amide bonds. The van der Waals surface area contributed by atoms with Gasteiger partial charge < -0.3 is 43.0 Å². The smallest absolute Gasteiger partial charge is 0.187 e. The molecule has 1 N–H and O–H groups in total. The summed E-state index contributed by atoms with van der Waals surface area (Å²) < 4.78 is 51.9. The van der Waals surface area contributed by atoms with E-state index in [-0.39, 0.29) is 13.2 Å². The van der Waals surface area contributed by atoms with Crippen LogP contribution >= 0.6 is 0 Å². The highest BCUT2D eigenvalue weighted by molar-refractivity contribution is 5.16. The number of benzene rings is 4. The summed E-state index contributed by atoms with van der Waals surface area (Å²) in [6, 6.07) is 39.7. The summed E-state index contributed by atoms with van der Waals surface area (Å²) in [5, 5.41) is 11.4. The lowest BCUT2D eigenvalue weighted by atomic mass is 9.97. The summed E-state index contributed by atoms with van der Waals surface area (Å²) in [6.07, 6.45) is -6.88. The first kappa shape index (κ1) is 34.0. The Hall–Kier alpha value is -3.48. The zero-order chi connectivity index (χ0) is 33.4. The van der Waals surface area contributed by atoms with Crippen LogP contribution in [0.15, 0.2) is 121 Å². The SMILES string of the molecule is C[C@H]1O[C@H](O[C@H]2[C@H](OCc3ccccc3)[C@@H](OCc3ccccc3)[C@@H]3OC[C@H]2O3)[C@H](OCc2ccccc2)[C@@H](OCc2ccccc2)[C@@H]1O. The Kier molecular flexibility index (Phi) is 11.4. The second kappa shape index (κ2) is 16.5.